The van der Waals surface area contributed by atoms with Crippen LogP contribution in [-0.4, -0.2) is 44.8 Å². The monoisotopic (exact) mass is 494 g/mol. The minimum atomic E-state index is -0.773. The first kappa shape index (κ1) is 25.4. The van der Waals surface area contributed by atoms with Crippen molar-refractivity contribution in [2.75, 3.05) is 25.1 Å². The normalized spacial score (nSPS) is 16.4. The second-order valence-electron chi connectivity index (χ2n) is 10.5. The smallest absolute Gasteiger partial charge is 0.275 e. The molecule has 0 unspecified atom stereocenters. The average molecular weight is 495 g/mol. The summed E-state index contributed by atoms with van der Waals surface area (Å²) in [6, 6.07) is 1.36. The summed E-state index contributed by atoms with van der Waals surface area (Å²) < 4.78 is 2.02. The van der Waals surface area contributed by atoms with Crippen LogP contribution in [0.4, 0.5) is 17.1 Å². The van der Waals surface area contributed by atoms with E-state index in [1.54, 1.807) is 5.56 Å². The van der Waals surface area contributed by atoms with Crippen LogP contribution in [0.1, 0.15) is 73.1 Å². The maximum atomic E-state index is 11.8. The molecule has 0 spiro atoms. The Kier molecular flexibility index (Phi) is 6.88. The van der Waals surface area contributed by atoms with Crippen molar-refractivity contribution in [1.82, 2.24) is 19.7 Å². The number of nitrogen functional groups attached to an aromatic ring is 1. The van der Waals surface area contributed by atoms with Crippen LogP contribution in [0.25, 0.3) is 0 Å². The van der Waals surface area contributed by atoms with Crippen molar-refractivity contribution in [3.63, 3.8) is 0 Å². The Morgan fingerprint density at radius 1 is 1.25 bits per heavy atom. The number of carbonyl (C=O) groups excluding carboxylic acids is 1. The van der Waals surface area contributed by atoms with Crippen LogP contribution in [0.3, 0.4) is 0 Å². The van der Waals surface area contributed by atoms with Crippen LogP contribution in [-0.2, 0) is 13.5 Å². The zero-order valence-electron chi connectivity index (χ0n) is 21.3. The van der Waals surface area contributed by atoms with Gasteiger partial charge in [0, 0.05) is 33.5 Å². The van der Waals surface area contributed by atoms with Gasteiger partial charge in [0.1, 0.15) is 11.4 Å². The van der Waals surface area contributed by atoms with Crippen molar-refractivity contribution < 1.29 is 9.90 Å². The quantitative estimate of drug-likeness (QED) is 0.444. The molecule has 2 saturated carbocycles. The Morgan fingerprint density at radius 3 is 2.50 bits per heavy atom. The lowest BCUT2D eigenvalue weighted by Gasteiger charge is -2.22. The number of aromatic hydroxyl groups is 1. The van der Waals surface area contributed by atoms with E-state index in [0.29, 0.717) is 5.41 Å². The van der Waals surface area contributed by atoms with Gasteiger partial charge in [-0.25, -0.2) is 4.98 Å². The molecule has 0 atom stereocenters. The van der Waals surface area contributed by atoms with Gasteiger partial charge < -0.3 is 21.1 Å². The van der Waals surface area contributed by atoms with Crippen LogP contribution < -0.4 is 21.9 Å². The molecule has 0 bridgehead atoms. The van der Waals surface area contributed by atoms with Gasteiger partial charge in [0.2, 0.25) is 0 Å². The molecule has 2 aromatic heterocycles. The van der Waals surface area contributed by atoms with E-state index >= 15 is 0 Å². The number of anilines is 3. The molecule has 0 aliphatic heterocycles. The predicted octanol–water partition coefficient (Wildman–Crippen LogP) is 2.83. The van der Waals surface area contributed by atoms with Crippen LogP contribution in [0.2, 0.25) is 0 Å². The van der Waals surface area contributed by atoms with Gasteiger partial charge in [-0.1, -0.05) is 19.8 Å². The number of aryl methyl sites for hydroxylation is 1. The number of hydrogen-bond acceptors (Lipinski definition) is 8. The summed E-state index contributed by atoms with van der Waals surface area (Å²) in [5, 5.41) is 17.2. The highest BCUT2D eigenvalue weighted by atomic mass is 16.3. The summed E-state index contributed by atoms with van der Waals surface area (Å²) in [5.74, 6) is -0.0727. The van der Waals surface area contributed by atoms with Crippen molar-refractivity contribution >= 4 is 23.0 Å². The molecule has 0 radical (unpaired) electrons. The van der Waals surface area contributed by atoms with Gasteiger partial charge in [0.15, 0.2) is 11.4 Å². The van der Waals surface area contributed by atoms with Crippen molar-refractivity contribution in [2.24, 2.45) is 12.5 Å². The fraction of sp³-hybridized carbons (Fsp3) is 0.500. The lowest BCUT2D eigenvalue weighted by molar-refractivity contribution is 0.0819. The number of hydrogen-bond donors (Lipinski definition) is 3. The molecule has 1 amide bonds. The third-order valence-corrected chi connectivity index (χ3v) is 7.10. The van der Waals surface area contributed by atoms with E-state index in [9.17, 15) is 19.5 Å². The minimum Gasteiger partial charge on any atom is -0.504 e. The SMILES string of the molecule is CN(C)C(=O)c1nccc(Nc2c(N)c(=O)c2=O)c1O.Cn1cc(C2CC2)c(CC2(C)CCCC2)n1. The van der Waals surface area contributed by atoms with Gasteiger partial charge in [-0.3, -0.25) is 19.1 Å². The molecule has 4 N–H and O–H groups in total. The molecule has 3 aromatic rings. The van der Waals surface area contributed by atoms with E-state index in [2.05, 4.69) is 30.5 Å². The van der Waals surface area contributed by atoms with E-state index in [-0.39, 0.29) is 22.8 Å². The van der Waals surface area contributed by atoms with E-state index in [1.165, 1.54) is 81.9 Å². The van der Waals surface area contributed by atoms with E-state index in [4.69, 9.17) is 10.8 Å². The summed E-state index contributed by atoms with van der Waals surface area (Å²) in [4.78, 5) is 39.1. The topological polar surface area (TPSA) is 143 Å². The summed E-state index contributed by atoms with van der Waals surface area (Å²) in [6.07, 6.45) is 13.2. The molecular formula is C26H34N6O4. The first-order chi connectivity index (χ1) is 17.0. The zero-order valence-corrected chi connectivity index (χ0v) is 21.3. The van der Waals surface area contributed by atoms with Crippen molar-refractivity contribution in [3.8, 4) is 5.75 Å². The van der Waals surface area contributed by atoms with Gasteiger partial charge in [0.05, 0.1) is 11.4 Å². The molecule has 36 heavy (non-hydrogen) atoms. The molecular weight excluding hydrogens is 460 g/mol. The highest BCUT2D eigenvalue weighted by Crippen LogP contribution is 2.45. The Bertz CT molecular complexity index is 1340. The van der Waals surface area contributed by atoms with Crippen LogP contribution in [0.15, 0.2) is 28.0 Å². The van der Waals surface area contributed by atoms with Gasteiger partial charge in [0.25, 0.3) is 16.8 Å². The molecule has 2 aliphatic carbocycles. The van der Waals surface area contributed by atoms with E-state index < -0.39 is 22.5 Å². The fourth-order valence-electron chi connectivity index (χ4n) is 4.83. The third kappa shape index (κ3) is 5.12. The number of nitrogens with zero attached hydrogens (tertiary/aromatic N) is 4. The number of amides is 1. The lowest BCUT2D eigenvalue weighted by atomic mass is 9.83. The first-order valence-corrected chi connectivity index (χ1v) is 12.3. The second kappa shape index (κ2) is 9.75. The predicted molar refractivity (Wildman–Crippen MR) is 138 cm³/mol. The fourth-order valence-corrected chi connectivity index (χ4v) is 4.83. The van der Waals surface area contributed by atoms with Crippen molar-refractivity contribution in [1.29, 1.82) is 0 Å². The maximum absolute atomic E-state index is 11.8. The second-order valence-corrected chi connectivity index (χ2v) is 10.5. The molecule has 1 aromatic carbocycles. The van der Waals surface area contributed by atoms with Gasteiger partial charge in [-0.2, -0.15) is 5.10 Å². The molecule has 10 heteroatoms. The third-order valence-electron chi connectivity index (χ3n) is 7.10. The number of aromatic nitrogens is 3. The summed E-state index contributed by atoms with van der Waals surface area (Å²) in [7, 11) is 5.09. The highest BCUT2D eigenvalue weighted by Gasteiger charge is 2.34. The van der Waals surface area contributed by atoms with Crippen LogP contribution in [0, 0.1) is 5.41 Å². The maximum Gasteiger partial charge on any atom is 0.275 e. The Morgan fingerprint density at radius 2 is 1.92 bits per heavy atom. The molecule has 10 nitrogen and oxygen atoms in total. The van der Waals surface area contributed by atoms with Crippen molar-refractivity contribution in [2.45, 2.75) is 57.8 Å². The average Bonchev–Trinajstić information content (AvgIpc) is 3.50. The first-order valence-electron chi connectivity index (χ1n) is 12.3. The van der Waals surface area contributed by atoms with Gasteiger partial charge >= 0.3 is 0 Å². The Labute approximate surface area is 209 Å². The number of pyridine rings is 1. The number of nitrogens with two attached hydrogens (primary N) is 1. The summed E-state index contributed by atoms with van der Waals surface area (Å²) >= 11 is 0. The lowest BCUT2D eigenvalue weighted by Crippen LogP contribution is -2.36. The number of carbonyl (C=O) groups is 1. The van der Waals surface area contributed by atoms with Crippen molar-refractivity contribution in [3.05, 3.63) is 55.9 Å². The molecule has 0 saturated heterocycles. The largest absolute Gasteiger partial charge is 0.504 e. The Hall–Kier alpha value is -3.69. The number of rotatable bonds is 6. The van der Waals surface area contributed by atoms with Crippen LogP contribution >= 0.6 is 0 Å². The van der Waals surface area contributed by atoms with E-state index in [1.807, 2.05) is 4.68 Å². The van der Waals surface area contributed by atoms with E-state index in [0.717, 1.165) is 5.92 Å². The Balaban J connectivity index is 0.000000173. The summed E-state index contributed by atoms with van der Waals surface area (Å²) in [6.45, 7) is 2.45. The summed E-state index contributed by atoms with van der Waals surface area (Å²) in [5.41, 5.74) is 6.93. The van der Waals surface area contributed by atoms with Crippen LogP contribution in [0.5, 0.6) is 5.75 Å². The molecule has 5 rings (SSSR count). The molecule has 192 valence electrons. The van der Waals surface area contributed by atoms with Gasteiger partial charge in [-0.15, -0.1) is 0 Å². The minimum absolute atomic E-state index is 0.0731. The molecule has 2 heterocycles. The zero-order chi connectivity index (χ0) is 26.2. The number of nitrogens with one attached hydrogen (secondary N) is 1. The molecule has 2 aliphatic rings. The van der Waals surface area contributed by atoms with Gasteiger partial charge in [-0.05, 0) is 55.1 Å². The highest BCUT2D eigenvalue weighted by molar-refractivity contribution is 5.97. The molecule has 2 fully saturated rings. The standard InChI is InChI=1S/C14H22N2.C12H12N4O4/c1-14(7-3-4-8-14)9-13-12(11-5-6-11)10-16(2)15-13;1-16(2)12(20)8-9(17)5(3-4-14-8)15-7-6(13)10(18)11(7)19/h10-11H,3-9H2,1-2H3;3-4,17H,13H2,1-2H3,(H,14,15).